The lowest BCUT2D eigenvalue weighted by atomic mass is 9.83. The number of alkyl halides is 6. The van der Waals surface area contributed by atoms with E-state index in [1.807, 2.05) is 0 Å². The van der Waals surface area contributed by atoms with Crippen LogP contribution in [-0.4, -0.2) is 42.7 Å². The molecule has 2 heterocycles. The lowest BCUT2D eigenvalue weighted by Gasteiger charge is -2.37. The second-order valence-corrected chi connectivity index (χ2v) is 12.5. The number of nitrogens with zero attached hydrogens (tertiary/aromatic N) is 3. The largest absolute Gasteiger partial charge is 0.573 e. The van der Waals surface area contributed by atoms with E-state index in [1.54, 1.807) is 36.4 Å². The van der Waals surface area contributed by atoms with E-state index in [9.17, 15) is 34.8 Å². The van der Waals surface area contributed by atoms with Crippen LogP contribution in [0.5, 0.6) is 11.5 Å². The summed E-state index contributed by atoms with van der Waals surface area (Å²) in [6, 6.07) is 11.9. The quantitative estimate of drug-likeness (QED) is 0.193. The third-order valence-electron chi connectivity index (χ3n) is 7.27. The minimum Gasteiger partial charge on any atom is -0.496 e. The summed E-state index contributed by atoms with van der Waals surface area (Å²) in [5, 5.41) is 0. The average molecular weight is 654 g/mol. The van der Waals surface area contributed by atoms with Crippen LogP contribution in [0.1, 0.15) is 35.2 Å². The fraction of sp³-hybridized carbons (Fsp3) is 0.267. The average Bonchev–Trinajstić information content (AvgIpc) is 3.54. The molecule has 1 atom stereocenters. The molecule has 1 aliphatic carbocycles. The Labute approximate surface area is 253 Å². The molecule has 0 radical (unpaired) electrons. The lowest BCUT2D eigenvalue weighted by molar-refractivity contribution is -0.274. The first kappa shape index (κ1) is 31.9. The summed E-state index contributed by atoms with van der Waals surface area (Å²) in [7, 11) is -3.19. The van der Waals surface area contributed by atoms with Gasteiger partial charge in [-0.15, -0.1) is 13.2 Å². The van der Waals surface area contributed by atoms with Crippen molar-refractivity contribution in [2.75, 3.05) is 13.4 Å². The third-order valence-corrected chi connectivity index (χ3v) is 9.07. The predicted octanol–water partition coefficient (Wildman–Crippen LogP) is 7.35. The number of oxazole rings is 1. The van der Waals surface area contributed by atoms with Crippen molar-refractivity contribution < 1.29 is 48.7 Å². The van der Waals surface area contributed by atoms with Gasteiger partial charge in [0.05, 0.1) is 12.8 Å². The van der Waals surface area contributed by atoms with Gasteiger partial charge in [0.1, 0.15) is 23.0 Å². The van der Waals surface area contributed by atoms with Gasteiger partial charge in [-0.2, -0.15) is 13.2 Å². The number of methoxy groups -OCH3 is 1. The molecule has 0 amide bonds. The van der Waals surface area contributed by atoms with E-state index in [2.05, 4.69) is 14.7 Å². The number of halogens is 6. The molecule has 8 nitrogen and oxygen atoms in total. The van der Waals surface area contributed by atoms with Gasteiger partial charge >= 0.3 is 12.5 Å². The number of allylic oxidation sites excluding steroid dienone is 3. The Morgan fingerprint density at radius 3 is 2.24 bits per heavy atom. The molecule has 15 heteroatoms. The number of imidazole rings is 1. The molecule has 0 aliphatic heterocycles. The summed E-state index contributed by atoms with van der Waals surface area (Å²) in [5.74, 6) is -1.21. The predicted molar refractivity (Wildman–Crippen MR) is 152 cm³/mol. The number of aromatic nitrogens is 3. The van der Waals surface area contributed by atoms with Crippen molar-refractivity contribution in [3.05, 3.63) is 95.6 Å². The number of benzene rings is 2. The Kier molecular flexibility index (Phi) is 7.88. The smallest absolute Gasteiger partial charge is 0.496 e. The molecular formula is C30H25F6N3O5S. The minimum absolute atomic E-state index is 0.0193. The second-order valence-electron chi connectivity index (χ2n) is 10.2. The Bertz CT molecular complexity index is 1920. The van der Waals surface area contributed by atoms with Crippen LogP contribution in [0.4, 0.5) is 26.3 Å². The van der Waals surface area contributed by atoms with E-state index in [0.717, 1.165) is 23.0 Å². The lowest BCUT2D eigenvalue weighted by Crippen LogP contribution is -2.40. The van der Waals surface area contributed by atoms with E-state index in [0.29, 0.717) is 17.3 Å². The monoisotopic (exact) mass is 653 g/mol. The van der Waals surface area contributed by atoms with Crippen LogP contribution in [0.3, 0.4) is 0 Å². The molecule has 0 fully saturated rings. The van der Waals surface area contributed by atoms with E-state index >= 15 is 0 Å². The summed E-state index contributed by atoms with van der Waals surface area (Å²) in [6.07, 6.45) is -5.51. The van der Waals surface area contributed by atoms with E-state index in [4.69, 9.17) is 9.15 Å². The number of ether oxygens (including phenoxy) is 2. The Morgan fingerprint density at radius 1 is 0.978 bits per heavy atom. The Balaban J connectivity index is 1.82. The number of aryl methyl sites for hydroxylation is 2. The number of rotatable bonds is 7. The first-order valence-corrected chi connectivity index (χ1v) is 15.1. The van der Waals surface area contributed by atoms with Crippen LogP contribution in [0.2, 0.25) is 0 Å². The van der Waals surface area contributed by atoms with Crippen molar-refractivity contribution in [3.8, 4) is 22.8 Å². The highest BCUT2D eigenvalue weighted by molar-refractivity contribution is 7.92. The molecular weight excluding hydrogens is 628 g/mol. The van der Waals surface area contributed by atoms with Gasteiger partial charge < -0.3 is 18.5 Å². The zero-order valence-electron chi connectivity index (χ0n) is 24.1. The maximum absolute atomic E-state index is 14.2. The Morgan fingerprint density at radius 2 is 1.67 bits per heavy atom. The van der Waals surface area contributed by atoms with Gasteiger partial charge in [0.15, 0.2) is 31.9 Å². The summed E-state index contributed by atoms with van der Waals surface area (Å²) in [5.41, 5.74) is -0.268. The molecule has 0 saturated carbocycles. The summed E-state index contributed by atoms with van der Waals surface area (Å²) in [6.45, 7) is 2.73. The van der Waals surface area contributed by atoms with Crippen molar-refractivity contribution >= 4 is 21.1 Å². The number of hydrogen-bond acceptors (Lipinski definition) is 7. The van der Waals surface area contributed by atoms with Crippen LogP contribution >= 0.6 is 0 Å². The molecule has 1 aliphatic rings. The fourth-order valence-corrected chi connectivity index (χ4v) is 6.78. The van der Waals surface area contributed by atoms with Gasteiger partial charge in [0.2, 0.25) is 0 Å². The SMILES string of the molecule is COc1cc(OC(F)(F)F)ccc1-c1nc(C)oc1C1(S(C)(=O)=O)CC(c2ccccc2)=CC=C1n1cc(C(F)(F)F)nc1C. The van der Waals surface area contributed by atoms with Gasteiger partial charge in [0, 0.05) is 37.4 Å². The van der Waals surface area contributed by atoms with Gasteiger partial charge in [0.25, 0.3) is 0 Å². The zero-order valence-corrected chi connectivity index (χ0v) is 24.9. The van der Waals surface area contributed by atoms with Crippen molar-refractivity contribution in [3.63, 3.8) is 0 Å². The molecule has 0 spiro atoms. The summed E-state index contributed by atoms with van der Waals surface area (Å²) < 4.78 is 123. The topological polar surface area (TPSA) is 96.5 Å². The molecule has 4 aromatic rings. The highest BCUT2D eigenvalue weighted by Crippen LogP contribution is 2.53. The summed E-state index contributed by atoms with van der Waals surface area (Å²) in [4.78, 5) is 8.03. The molecule has 45 heavy (non-hydrogen) atoms. The second kappa shape index (κ2) is 11.1. The van der Waals surface area contributed by atoms with Gasteiger partial charge in [-0.1, -0.05) is 36.4 Å². The van der Waals surface area contributed by atoms with E-state index in [-0.39, 0.29) is 46.6 Å². The molecule has 1 unspecified atom stereocenters. The van der Waals surface area contributed by atoms with Crippen molar-refractivity contribution in [2.24, 2.45) is 0 Å². The molecule has 0 bridgehead atoms. The van der Waals surface area contributed by atoms with Crippen LogP contribution in [0.25, 0.3) is 22.5 Å². The standard InChI is InChI=1S/C30H25F6N3O5S/c1-17-37-24(29(31,32)33)16-39(17)25-13-10-20(19-8-6-5-7-9-19)15-28(25,45(4,40)41)27-26(38-18(2)43-27)22-12-11-21(14-23(22)42-3)44-30(34,35)36/h5-14,16H,15H2,1-4H3. The van der Waals surface area contributed by atoms with E-state index < -0.39 is 38.6 Å². The van der Waals surface area contributed by atoms with Crippen LogP contribution in [-0.2, 0) is 20.8 Å². The highest BCUT2D eigenvalue weighted by atomic mass is 32.2. The van der Waals surface area contributed by atoms with Crippen molar-refractivity contribution in [1.29, 1.82) is 0 Å². The molecule has 2 aromatic heterocycles. The van der Waals surface area contributed by atoms with E-state index in [1.165, 1.54) is 33.1 Å². The summed E-state index contributed by atoms with van der Waals surface area (Å²) >= 11 is 0. The zero-order chi connectivity index (χ0) is 32.9. The van der Waals surface area contributed by atoms with Crippen LogP contribution < -0.4 is 9.47 Å². The molecule has 238 valence electrons. The first-order valence-electron chi connectivity index (χ1n) is 13.2. The van der Waals surface area contributed by atoms with Gasteiger partial charge in [-0.05, 0) is 36.3 Å². The van der Waals surface area contributed by atoms with Gasteiger partial charge in [-0.3, -0.25) is 0 Å². The molecule has 2 aromatic carbocycles. The van der Waals surface area contributed by atoms with Crippen molar-refractivity contribution in [2.45, 2.75) is 37.6 Å². The first-order chi connectivity index (χ1) is 20.9. The van der Waals surface area contributed by atoms with Crippen LogP contribution in [0.15, 0.2) is 71.3 Å². The third kappa shape index (κ3) is 5.95. The van der Waals surface area contributed by atoms with Crippen molar-refractivity contribution in [1.82, 2.24) is 14.5 Å². The molecule has 5 rings (SSSR count). The normalized spacial score (nSPS) is 17.6. The maximum Gasteiger partial charge on any atom is 0.573 e. The fourth-order valence-electron chi connectivity index (χ4n) is 5.34. The molecule has 0 saturated heterocycles. The van der Waals surface area contributed by atoms with Crippen LogP contribution in [0, 0.1) is 13.8 Å². The Hall–Kier alpha value is -4.53. The maximum atomic E-state index is 14.2. The number of hydrogen-bond donors (Lipinski definition) is 0. The molecule has 0 N–H and O–H groups in total. The number of sulfone groups is 1. The highest BCUT2D eigenvalue weighted by Gasteiger charge is 2.54. The van der Waals surface area contributed by atoms with Gasteiger partial charge in [-0.25, -0.2) is 18.4 Å². The minimum atomic E-state index is -5.00.